The zero-order valence-corrected chi connectivity index (χ0v) is 10.5. The van der Waals surface area contributed by atoms with Gasteiger partial charge in [-0.25, -0.2) is 0 Å². The van der Waals surface area contributed by atoms with Gasteiger partial charge in [0.15, 0.2) is 0 Å². The summed E-state index contributed by atoms with van der Waals surface area (Å²) in [5.74, 6) is 1.40. The number of likely N-dealkylation sites (tertiary alicyclic amines) is 1. The number of aryl methyl sites for hydroxylation is 1. The Hall–Kier alpha value is -1.29. The Balaban J connectivity index is 2.02. The molecule has 1 aliphatic heterocycles. The zero-order valence-electron chi connectivity index (χ0n) is 10.5. The summed E-state index contributed by atoms with van der Waals surface area (Å²) in [5.41, 5.74) is 0.704. The van der Waals surface area contributed by atoms with E-state index in [1.807, 2.05) is 18.9 Å². The standard InChI is InChI=1S/C13H20N2O2/c1-10-12(5-7-17-10)13(16)15-6-3-4-11(9-15)8-14-2/h5,7,11,14H,3-4,6,8-9H2,1-2H3. The maximum atomic E-state index is 12.3. The Bertz CT molecular complexity index is 385. The molecule has 2 heterocycles. The third-order valence-electron chi connectivity index (χ3n) is 3.39. The van der Waals surface area contributed by atoms with Gasteiger partial charge in [0.25, 0.3) is 5.91 Å². The van der Waals surface area contributed by atoms with Crippen LogP contribution in [-0.2, 0) is 0 Å². The van der Waals surface area contributed by atoms with E-state index in [0.717, 1.165) is 26.1 Å². The number of carbonyl (C=O) groups excluding carboxylic acids is 1. The van der Waals surface area contributed by atoms with Gasteiger partial charge in [0.1, 0.15) is 5.76 Å². The fraction of sp³-hybridized carbons (Fsp3) is 0.615. The Morgan fingerprint density at radius 1 is 1.65 bits per heavy atom. The highest BCUT2D eigenvalue weighted by Gasteiger charge is 2.25. The fourth-order valence-electron chi connectivity index (χ4n) is 2.48. The fourth-order valence-corrected chi connectivity index (χ4v) is 2.48. The maximum Gasteiger partial charge on any atom is 0.257 e. The predicted molar refractivity (Wildman–Crippen MR) is 66.0 cm³/mol. The number of nitrogens with one attached hydrogen (secondary N) is 1. The molecule has 4 nitrogen and oxygen atoms in total. The third kappa shape index (κ3) is 2.69. The van der Waals surface area contributed by atoms with E-state index in [9.17, 15) is 4.79 Å². The number of amides is 1. The number of furan rings is 1. The number of rotatable bonds is 3. The largest absolute Gasteiger partial charge is 0.469 e. The van der Waals surface area contributed by atoms with Crippen LogP contribution in [0.4, 0.5) is 0 Å². The first-order chi connectivity index (χ1) is 8.22. The van der Waals surface area contributed by atoms with Crippen molar-refractivity contribution in [1.29, 1.82) is 0 Å². The van der Waals surface area contributed by atoms with Crippen LogP contribution in [-0.4, -0.2) is 37.5 Å². The normalized spacial score (nSPS) is 20.6. The summed E-state index contributed by atoms with van der Waals surface area (Å²) in [4.78, 5) is 14.2. The van der Waals surface area contributed by atoms with Crippen molar-refractivity contribution >= 4 is 5.91 Å². The molecule has 0 aromatic carbocycles. The van der Waals surface area contributed by atoms with E-state index in [-0.39, 0.29) is 5.91 Å². The quantitative estimate of drug-likeness (QED) is 0.868. The topological polar surface area (TPSA) is 45.5 Å². The number of hydrogen-bond acceptors (Lipinski definition) is 3. The lowest BCUT2D eigenvalue weighted by Crippen LogP contribution is -2.42. The molecule has 2 rings (SSSR count). The summed E-state index contributed by atoms with van der Waals surface area (Å²) >= 11 is 0. The van der Waals surface area contributed by atoms with Crippen LogP contribution < -0.4 is 5.32 Å². The molecule has 1 aromatic rings. The van der Waals surface area contributed by atoms with Crippen LogP contribution in [0.1, 0.15) is 29.0 Å². The molecule has 1 unspecified atom stereocenters. The molecule has 0 spiro atoms. The molecule has 1 saturated heterocycles. The van der Waals surface area contributed by atoms with Gasteiger partial charge in [-0.15, -0.1) is 0 Å². The zero-order chi connectivity index (χ0) is 12.3. The Morgan fingerprint density at radius 3 is 3.12 bits per heavy atom. The average molecular weight is 236 g/mol. The molecule has 0 aliphatic carbocycles. The minimum absolute atomic E-state index is 0.108. The van der Waals surface area contributed by atoms with Crippen LogP contribution in [0, 0.1) is 12.8 Å². The second kappa shape index (κ2) is 5.36. The highest BCUT2D eigenvalue weighted by Crippen LogP contribution is 2.19. The van der Waals surface area contributed by atoms with E-state index in [4.69, 9.17) is 4.42 Å². The molecule has 1 aliphatic rings. The Kier molecular flexibility index (Phi) is 3.84. The van der Waals surface area contributed by atoms with Gasteiger partial charge in [-0.2, -0.15) is 0 Å². The molecule has 1 N–H and O–H groups in total. The Labute approximate surface area is 102 Å². The second-order valence-electron chi connectivity index (χ2n) is 4.71. The summed E-state index contributed by atoms with van der Waals surface area (Å²) in [6.07, 6.45) is 3.88. The lowest BCUT2D eigenvalue weighted by molar-refractivity contribution is 0.0672. The summed E-state index contributed by atoms with van der Waals surface area (Å²) in [7, 11) is 1.96. The molecular weight excluding hydrogens is 216 g/mol. The molecule has 1 atom stereocenters. The van der Waals surface area contributed by atoms with E-state index in [0.29, 0.717) is 17.2 Å². The van der Waals surface area contributed by atoms with Crippen LogP contribution in [0.5, 0.6) is 0 Å². The van der Waals surface area contributed by atoms with Crippen molar-refractivity contribution in [3.8, 4) is 0 Å². The van der Waals surface area contributed by atoms with Gasteiger partial charge in [-0.05, 0) is 45.3 Å². The molecule has 0 saturated carbocycles. The van der Waals surface area contributed by atoms with Crippen molar-refractivity contribution in [2.24, 2.45) is 5.92 Å². The van der Waals surface area contributed by atoms with Gasteiger partial charge < -0.3 is 14.6 Å². The van der Waals surface area contributed by atoms with Crippen molar-refractivity contribution in [1.82, 2.24) is 10.2 Å². The average Bonchev–Trinajstić information content (AvgIpc) is 2.75. The monoisotopic (exact) mass is 236 g/mol. The molecule has 94 valence electrons. The minimum atomic E-state index is 0.108. The molecule has 4 heteroatoms. The first kappa shape index (κ1) is 12.2. The molecular formula is C13H20N2O2. The first-order valence-corrected chi connectivity index (χ1v) is 6.20. The molecule has 0 bridgehead atoms. The number of nitrogens with zero attached hydrogens (tertiary/aromatic N) is 1. The van der Waals surface area contributed by atoms with Crippen LogP contribution in [0.3, 0.4) is 0 Å². The third-order valence-corrected chi connectivity index (χ3v) is 3.39. The van der Waals surface area contributed by atoms with Gasteiger partial charge in [0.2, 0.25) is 0 Å². The Morgan fingerprint density at radius 2 is 2.47 bits per heavy atom. The highest BCUT2D eigenvalue weighted by molar-refractivity contribution is 5.95. The minimum Gasteiger partial charge on any atom is -0.469 e. The number of piperidine rings is 1. The molecule has 1 aromatic heterocycles. The van der Waals surface area contributed by atoms with E-state index < -0.39 is 0 Å². The molecule has 1 fully saturated rings. The predicted octanol–water partition coefficient (Wildman–Crippen LogP) is 1.66. The lowest BCUT2D eigenvalue weighted by Gasteiger charge is -2.32. The van der Waals surface area contributed by atoms with Crippen LogP contribution in [0.2, 0.25) is 0 Å². The van der Waals surface area contributed by atoms with Gasteiger partial charge >= 0.3 is 0 Å². The SMILES string of the molecule is CNCC1CCCN(C(=O)c2ccoc2C)C1. The van der Waals surface area contributed by atoms with Crippen molar-refractivity contribution in [3.63, 3.8) is 0 Å². The highest BCUT2D eigenvalue weighted by atomic mass is 16.3. The van der Waals surface area contributed by atoms with Crippen molar-refractivity contribution in [2.75, 3.05) is 26.7 Å². The van der Waals surface area contributed by atoms with Crippen molar-refractivity contribution < 1.29 is 9.21 Å². The maximum absolute atomic E-state index is 12.3. The molecule has 1 amide bonds. The number of hydrogen-bond donors (Lipinski definition) is 1. The van der Waals surface area contributed by atoms with Gasteiger partial charge in [-0.1, -0.05) is 0 Å². The van der Waals surface area contributed by atoms with Crippen LogP contribution in [0.25, 0.3) is 0 Å². The summed E-state index contributed by atoms with van der Waals surface area (Å²) in [5, 5.41) is 3.19. The summed E-state index contributed by atoms with van der Waals surface area (Å²) in [6, 6.07) is 1.76. The van der Waals surface area contributed by atoms with E-state index in [1.54, 1.807) is 12.3 Å². The van der Waals surface area contributed by atoms with Gasteiger partial charge in [0.05, 0.1) is 11.8 Å². The smallest absolute Gasteiger partial charge is 0.257 e. The molecule has 0 radical (unpaired) electrons. The summed E-state index contributed by atoms with van der Waals surface area (Å²) < 4.78 is 5.19. The van der Waals surface area contributed by atoms with Gasteiger partial charge in [-0.3, -0.25) is 4.79 Å². The number of carbonyl (C=O) groups is 1. The van der Waals surface area contributed by atoms with Gasteiger partial charge in [0, 0.05) is 13.1 Å². The van der Waals surface area contributed by atoms with Crippen molar-refractivity contribution in [2.45, 2.75) is 19.8 Å². The first-order valence-electron chi connectivity index (χ1n) is 6.20. The van der Waals surface area contributed by atoms with E-state index >= 15 is 0 Å². The van der Waals surface area contributed by atoms with Crippen molar-refractivity contribution in [3.05, 3.63) is 23.7 Å². The van der Waals surface area contributed by atoms with Crippen LogP contribution >= 0.6 is 0 Å². The van der Waals surface area contributed by atoms with Crippen LogP contribution in [0.15, 0.2) is 16.7 Å². The second-order valence-corrected chi connectivity index (χ2v) is 4.71. The van der Waals surface area contributed by atoms with E-state index in [2.05, 4.69) is 5.32 Å². The molecule has 17 heavy (non-hydrogen) atoms. The van der Waals surface area contributed by atoms with E-state index in [1.165, 1.54) is 6.42 Å². The lowest BCUT2D eigenvalue weighted by atomic mass is 9.97. The summed E-state index contributed by atoms with van der Waals surface area (Å²) in [6.45, 7) is 4.53.